The molecule has 0 aromatic carbocycles. The van der Waals surface area contributed by atoms with E-state index in [1.807, 2.05) is 0 Å². The fourth-order valence-corrected chi connectivity index (χ4v) is 12.8. The number of pyridine rings is 1. The molecule has 3 saturated carbocycles. The summed E-state index contributed by atoms with van der Waals surface area (Å²) in [6.45, 7) is 24.1. The van der Waals surface area contributed by atoms with Gasteiger partial charge < -0.3 is 25.5 Å². The predicted octanol–water partition coefficient (Wildman–Crippen LogP) is 7.47. The molecule has 2 bridgehead atoms. The second kappa shape index (κ2) is 12.9. The van der Waals surface area contributed by atoms with E-state index in [1.54, 1.807) is 18.5 Å². The van der Waals surface area contributed by atoms with Crippen LogP contribution in [0.25, 0.3) is 11.4 Å². The molecule has 5 aliphatic rings. The van der Waals surface area contributed by atoms with Crippen molar-refractivity contribution in [3.05, 3.63) is 47.7 Å². The first-order chi connectivity index (χ1) is 24.8. The van der Waals surface area contributed by atoms with Gasteiger partial charge in [0.25, 0.3) is 0 Å². The molecule has 4 aliphatic carbocycles. The van der Waals surface area contributed by atoms with E-state index < -0.39 is 22.8 Å². The number of fused-ring (bicyclic) bond motifs is 3. The van der Waals surface area contributed by atoms with Crippen molar-refractivity contribution in [1.82, 2.24) is 14.8 Å². The molecule has 2 aromatic rings. The summed E-state index contributed by atoms with van der Waals surface area (Å²) in [4.78, 5) is 18.3. The van der Waals surface area contributed by atoms with Crippen LogP contribution in [0.5, 0.6) is 0 Å². The van der Waals surface area contributed by atoms with Gasteiger partial charge in [-0.3, -0.25) is 4.79 Å². The Hall–Kier alpha value is -2.82. The van der Waals surface area contributed by atoms with Gasteiger partial charge in [0.15, 0.2) is 18.2 Å². The van der Waals surface area contributed by atoms with Crippen molar-refractivity contribution < 1.29 is 24.1 Å². The summed E-state index contributed by atoms with van der Waals surface area (Å²) >= 11 is 0. The number of carboxylic acids is 1. The summed E-state index contributed by atoms with van der Waals surface area (Å²) in [6.07, 6.45) is 12.4. The van der Waals surface area contributed by atoms with E-state index in [0.717, 1.165) is 48.8 Å². The van der Waals surface area contributed by atoms with Crippen molar-refractivity contribution in [2.75, 3.05) is 19.8 Å². The van der Waals surface area contributed by atoms with Gasteiger partial charge in [0.1, 0.15) is 6.33 Å². The summed E-state index contributed by atoms with van der Waals surface area (Å²) in [6, 6.07) is 3.42. The van der Waals surface area contributed by atoms with Crippen molar-refractivity contribution in [2.24, 2.45) is 68.3 Å². The highest BCUT2D eigenvalue weighted by atomic mass is 16.5. The molecule has 4 fully saturated rings. The molecule has 0 radical (unpaired) electrons. The van der Waals surface area contributed by atoms with Crippen LogP contribution in [0.1, 0.15) is 114 Å². The van der Waals surface area contributed by atoms with E-state index >= 15 is 0 Å². The number of rotatable bonds is 9. The molecule has 0 spiro atoms. The van der Waals surface area contributed by atoms with E-state index in [0.29, 0.717) is 43.4 Å². The standard InChI is InChI=1S/C43H65N5O5/c1-26(2)28(5)38(6)17-18-40(8)30-11-12-33-39(7)22-52-24-43(33,31(30)13-16-41(40,9)34(38)37(49)50)21-32(35(39)53-23-42(10,44)27(3)4)48-36(45-25-46-48)29-14-19-47(51)20-15-29/h13-15,19-20,25-28,30,32-35H,11-12,16-18,21-24,44H2,1-10H3,(H,49,50)/t28-,30+,32-,33+,34-,35+,38-,39-,40-,41+,42+,43+/m1/s1. The van der Waals surface area contributed by atoms with Crippen LogP contribution >= 0.6 is 0 Å². The molecule has 3 N–H and O–H groups in total. The Morgan fingerprint density at radius 2 is 1.81 bits per heavy atom. The van der Waals surface area contributed by atoms with Crippen molar-refractivity contribution in [1.29, 1.82) is 0 Å². The van der Waals surface area contributed by atoms with Crippen molar-refractivity contribution in [2.45, 2.75) is 125 Å². The summed E-state index contributed by atoms with van der Waals surface area (Å²) in [7, 11) is 0. The fourth-order valence-electron chi connectivity index (χ4n) is 12.8. The molecule has 0 unspecified atom stereocenters. The smallest absolute Gasteiger partial charge is 0.307 e. The van der Waals surface area contributed by atoms with Crippen LogP contribution in [0, 0.1) is 67.8 Å². The van der Waals surface area contributed by atoms with Gasteiger partial charge in [-0.1, -0.05) is 74.0 Å². The fraction of sp³-hybridized carbons (Fsp3) is 0.767. The molecule has 10 nitrogen and oxygen atoms in total. The van der Waals surface area contributed by atoms with E-state index in [1.165, 1.54) is 18.0 Å². The number of carboxylic acid groups (broad SMARTS) is 1. The SMILES string of the molecule is CC(C)[C@@H](C)[C@@]1(C)CC[C@]2(C)[C@H]3CC[C@@H]4[C@@]5(COC[C@@]4(C)[C@@H](OC[C@](C)(N)C(C)C)[C@H](n4ncnc4-c4cc[n+]([O-])cc4)C5)C3=CC[C@@]2(C)[C@@H]1C(=O)O. The van der Waals surface area contributed by atoms with E-state index in [-0.39, 0.29) is 45.6 Å². The van der Waals surface area contributed by atoms with E-state index in [2.05, 4.69) is 80.0 Å². The Morgan fingerprint density at radius 1 is 1.11 bits per heavy atom. The van der Waals surface area contributed by atoms with Crippen LogP contribution in [0.2, 0.25) is 0 Å². The number of hydrogen-bond donors (Lipinski definition) is 2. The molecule has 1 saturated heterocycles. The van der Waals surface area contributed by atoms with Gasteiger partial charge in [-0.15, -0.1) is 0 Å². The zero-order chi connectivity index (χ0) is 38.5. The van der Waals surface area contributed by atoms with Crippen molar-refractivity contribution in [3.63, 3.8) is 0 Å². The lowest BCUT2D eigenvalue weighted by Gasteiger charge is -2.71. The number of hydrogen-bond acceptors (Lipinski definition) is 7. The van der Waals surface area contributed by atoms with Crippen LogP contribution < -0.4 is 10.5 Å². The third-order valence-corrected chi connectivity index (χ3v) is 16.9. The van der Waals surface area contributed by atoms with Crippen LogP contribution in [-0.4, -0.2) is 57.3 Å². The maximum absolute atomic E-state index is 13.6. The van der Waals surface area contributed by atoms with Gasteiger partial charge in [-0.05, 0) is 91.3 Å². The lowest BCUT2D eigenvalue weighted by Crippen LogP contribution is -2.69. The quantitative estimate of drug-likeness (QED) is 0.154. The van der Waals surface area contributed by atoms with Crippen molar-refractivity contribution in [3.8, 4) is 11.4 Å². The number of allylic oxidation sites excluding steroid dienone is 1. The van der Waals surface area contributed by atoms with Crippen LogP contribution in [0.3, 0.4) is 0 Å². The van der Waals surface area contributed by atoms with E-state index in [9.17, 15) is 15.1 Å². The van der Waals surface area contributed by atoms with E-state index in [4.69, 9.17) is 25.3 Å². The summed E-state index contributed by atoms with van der Waals surface area (Å²) in [5, 5.41) is 28.1. The molecular formula is C43H65N5O5. The summed E-state index contributed by atoms with van der Waals surface area (Å²) in [5.41, 5.74) is 7.18. The number of nitrogens with two attached hydrogens (primary N) is 1. The highest BCUT2D eigenvalue weighted by Crippen LogP contribution is 2.75. The predicted molar refractivity (Wildman–Crippen MR) is 204 cm³/mol. The number of aromatic nitrogens is 4. The molecule has 12 atom stereocenters. The highest BCUT2D eigenvalue weighted by Gasteiger charge is 2.72. The Labute approximate surface area is 316 Å². The second-order valence-electron chi connectivity index (χ2n) is 20.0. The normalized spacial score (nSPS) is 41.2. The zero-order valence-corrected chi connectivity index (χ0v) is 33.9. The third-order valence-electron chi connectivity index (χ3n) is 16.9. The highest BCUT2D eigenvalue weighted by molar-refractivity contribution is 5.73. The topological polar surface area (TPSA) is 139 Å². The number of ether oxygens (including phenoxy) is 2. The van der Waals surface area contributed by atoms with Gasteiger partial charge in [0.2, 0.25) is 0 Å². The van der Waals surface area contributed by atoms with Crippen LogP contribution in [0.15, 0.2) is 42.5 Å². The molecule has 1 aliphatic heterocycles. The largest absolute Gasteiger partial charge is 0.619 e. The Balaban J connectivity index is 1.35. The van der Waals surface area contributed by atoms with Gasteiger partial charge >= 0.3 is 5.97 Å². The zero-order valence-electron chi connectivity index (χ0n) is 33.9. The lowest BCUT2D eigenvalue weighted by molar-refractivity contribution is -0.605. The third kappa shape index (κ3) is 5.49. The minimum absolute atomic E-state index is 0.172. The second-order valence-corrected chi connectivity index (χ2v) is 20.0. The lowest BCUT2D eigenvalue weighted by atomic mass is 9.34. The molecule has 292 valence electrons. The number of aliphatic carboxylic acids is 1. The number of carbonyl (C=O) groups is 1. The maximum atomic E-state index is 13.6. The monoisotopic (exact) mass is 731 g/mol. The van der Waals surface area contributed by atoms with Crippen LogP contribution in [-0.2, 0) is 14.3 Å². The Bertz CT molecular complexity index is 1740. The maximum Gasteiger partial charge on any atom is 0.307 e. The van der Waals surface area contributed by atoms with Gasteiger partial charge in [0.05, 0.1) is 37.9 Å². The molecular weight excluding hydrogens is 667 g/mol. The molecule has 3 heterocycles. The van der Waals surface area contributed by atoms with Gasteiger partial charge in [-0.25, -0.2) is 9.67 Å². The van der Waals surface area contributed by atoms with Crippen molar-refractivity contribution >= 4 is 5.97 Å². The first-order valence-electron chi connectivity index (χ1n) is 20.3. The average Bonchev–Trinajstić information content (AvgIpc) is 3.57. The Kier molecular flexibility index (Phi) is 9.34. The van der Waals surface area contributed by atoms with Crippen LogP contribution in [0.4, 0.5) is 0 Å². The first kappa shape index (κ1) is 38.5. The summed E-state index contributed by atoms with van der Waals surface area (Å²) < 4.78 is 16.7. The minimum Gasteiger partial charge on any atom is -0.619 e. The number of nitrogens with zero attached hydrogens (tertiary/aromatic N) is 4. The molecule has 0 amide bonds. The molecule has 53 heavy (non-hydrogen) atoms. The Morgan fingerprint density at radius 3 is 2.45 bits per heavy atom. The average molecular weight is 732 g/mol. The van der Waals surface area contributed by atoms with Gasteiger partial charge in [0, 0.05) is 34.1 Å². The van der Waals surface area contributed by atoms with Gasteiger partial charge in [-0.2, -0.15) is 9.83 Å². The molecule has 10 heteroatoms. The minimum atomic E-state index is -0.640. The molecule has 7 rings (SSSR count). The summed E-state index contributed by atoms with van der Waals surface area (Å²) in [5.74, 6) is 1.12. The molecule has 2 aromatic heterocycles. The first-order valence-corrected chi connectivity index (χ1v) is 20.3.